The first-order valence-electron chi connectivity index (χ1n) is 12.5. The smallest absolute Gasteiger partial charge is 0.272 e. The van der Waals surface area contributed by atoms with Crippen LogP contribution in [0.5, 0.6) is 5.75 Å². The van der Waals surface area contributed by atoms with E-state index in [4.69, 9.17) is 14.3 Å². The monoisotopic (exact) mass is 518 g/mol. The molecule has 0 bridgehead atoms. The number of amides is 2. The van der Waals surface area contributed by atoms with E-state index in [1.165, 1.54) is 6.26 Å². The van der Waals surface area contributed by atoms with Gasteiger partial charge in [0.15, 0.2) is 0 Å². The van der Waals surface area contributed by atoms with Gasteiger partial charge in [-0.1, -0.05) is 18.2 Å². The van der Waals surface area contributed by atoms with Crippen molar-refractivity contribution in [2.24, 2.45) is 0 Å². The van der Waals surface area contributed by atoms with E-state index in [0.717, 1.165) is 21.9 Å². The number of carbonyl (C=O) groups excluding carboxylic acids is 2. The van der Waals surface area contributed by atoms with Crippen molar-refractivity contribution in [3.8, 4) is 28.8 Å². The van der Waals surface area contributed by atoms with Crippen molar-refractivity contribution in [2.75, 3.05) is 0 Å². The Morgan fingerprint density at radius 1 is 1.03 bits per heavy atom. The molecule has 4 aromatic rings. The van der Waals surface area contributed by atoms with Crippen molar-refractivity contribution in [2.45, 2.75) is 33.4 Å². The summed E-state index contributed by atoms with van der Waals surface area (Å²) in [7, 11) is 0. The molecule has 8 nitrogen and oxygen atoms in total. The second kappa shape index (κ2) is 10.7. The second-order valence-corrected chi connectivity index (χ2v) is 9.35. The first-order valence-corrected chi connectivity index (χ1v) is 12.5. The standard InChI is InChI=1S/C31H26N4O4/c1-20(2)39-25-13-11-22(12-14-25)29-23(18-35(33-29)24-8-5-4-6-9-24)16-27-21(3)28(17-32)31(37)34(30(27)36)19-26-10-7-15-38-26/h4-16,18,20H,19H2,1-3H3/b27-16+. The highest BCUT2D eigenvalue weighted by molar-refractivity contribution is 6.19. The highest BCUT2D eigenvalue weighted by Crippen LogP contribution is 2.32. The molecular weight excluding hydrogens is 492 g/mol. The Bertz CT molecular complexity index is 1620. The Kier molecular flexibility index (Phi) is 6.98. The maximum absolute atomic E-state index is 13.6. The molecule has 194 valence electrons. The van der Waals surface area contributed by atoms with Gasteiger partial charge in [0.2, 0.25) is 0 Å². The van der Waals surface area contributed by atoms with Gasteiger partial charge in [-0.05, 0) is 81.0 Å². The van der Waals surface area contributed by atoms with Crippen LogP contribution in [0.4, 0.5) is 0 Å². The lowest BCUT2D eigenvalue weighted by Crippen LogP contribution is -2.42. The SMILES string of the molecule is CC1=C(C#N)C(=O)N(Cc2ccco2)C(=O)/C1=C/c1cn(-c2ccccc2)nc1-c1ccc(OC(C)C)cc1. The molecule has 0 N–H and O–H groups in total. The van der Waals surface area contributed by atoms with Crippen molar-refractivity contribution in [1.29, 1.82) is 5.26 Å². The summed E-state index contributed by atoms with van der Waals surface area (Å²) < 4.78 is 12.9. The average molecular weight is 519 g/mol. The number of ether oxygens (including phenoxy) is 1. The molecular formula is C31H26N4O4. The quantitative estimate of drug-likeness (QED) is 0.229. The fraction of sp³-hybridized carbons (Fsp3) is 0.161. The minimum Gasteiger partial charge on any atom is -0.491 e. The normalized spacial score (nSPS) is 14.8. The van der Waals surface area contributed by atoms with Gasteiger partial charge in [0.1, 0.15) is 23.2 Å². The van der Waals surface area contributed by atoms with Crippen molar-refractivity contribution < 1.29 is 18.7 Å². The highest BCUT2D eigenvalue weighted by Gasteiger charge is 2.36. The summed E-state index contributed by atoms with van der Waals surface area (Å²) in [6.07, 6.45) is 5.04. The molecule has 39 heavy (non-hydrogen) atoms. The van der Waals surface area contributed by atoms with E-state index in [-0.39, 0.29) is 23.8 Å². The molecule has 3 heterocycles. The maximum Gasteiger partial charge on any atom is 0.272 e. The van der Waals surface area contributed by atoms with Crippen LogP contribution in [-0.2, 0) is 16.1 Å². The van der Waals surface area contributed by atoms with Crippen LogP contribution < -0.4 is 4.74 Å². The molecule has 2 aromatic carbocycles. The van der Waals surface area contributed by atoms with Crippen molar-refractivity contribution in [1.82, 2.24) is 14.7 Å². The zero-order chi connectivity index (χ0) is 27.5. The van der Waals surface area contributed by atoms with Crippen LogP contribution in [-0.4, -0.2) is 32.6 Å². The maximum atomic E-state index is 13.6. The van der Waals surface area contributed by atoms with Crippen LogP contribution in [0.3, 0.4) is 0 Å². The first kappa shape index (κ1) is 25.5. The van der Waals surface area contributed by atoms with E-state index in [1.54, 1.807) is 29.8 Å². The predicted molar refractivity (Wildman–Crippen MR) is 145 cm³/mol. The van der Waals surface area contributed by atoms with Gasteiger partial charge in [0.05, 0.1) is 30.3 Å². The Balaban J connectivity index is 1.63. The molecule has 0 spiro atoms. The van der Waals surface area contributed by atoms with Gasteiger partial charge in [0.25, 0.3) is 11.8 Å². The Labute approximate surface area is 226 Å². The summed E-state index contributed by atoms with van der Waals surface area (Å²) in [5.41, 5.74) is 3.44. The number of para-hydroxylation sites is 1. The summed E-state index contributed by atoms with van der Waals surface area (Å²) in [6.45, 7) is 5.47. The summed E-state index contributed by atoms with van der Waals surface area (Å²) in [5, 5.41) is 14.6. The van der Waals surface area contributed by atoms with Gasteiger partial charge in [-0.15, -0.1) is 0 Å². The lowest BCUT2D eigenvalue weighted by atomic mass is 9.93. The molecule has 2 aromatic heterocycles. The van der Waals surface area contributed by atoms with Crippen LogP contribution in [0.25, 0.3) is 23.0 Å². The second-order valence-electron chi connectivity index (χ2n) is 9.35. The fourth-order valence-corrected chi connectivity index (χ4v) is 4.38. The van der Waals surface area contributed by atoms with Gasteiger partial charge in [-0.2, -0.15) is 10.4 Å². The summed E-state index contributed by atoms with van der Waals surface area (Å²) in [6, 6.07) is 22.5. The third-order valence-electron chi connectivity index (χ3n) is 6.28. The lowest BCUT2D eigenvalue weighted by molar-refractivity contribution is -0.141. The number of hydrogen-bond acceptors (Lipinski definition) is 6. The number of carbonyl (C=O) groups is 2. The van der Waals surface area contributed by atoms with Crippen molar-refractivity contribution >= 4 is 17.9 Å². The average Bonchev–Trinajstić information content (AvgIpc) is 3.60. The number of hydrogen-bond donors (Lipinski definition) is 0. The largest absolute Gasteiger partial charge is 0.491 e. The highest BCUT2D eigenvalue weighted by atomic mass is 16.5. The minimum absolute atomic E-state index is 0.0432. The van der Waals surface area contributed by atoms with E-state index in [9.17, 15) is 14.9 Å². The van der Waals surface area contributed by atoms with E-state index < -0.39 is 11.8 Å². The van der Waals surface area contributed by atoms with Crippen LogP contribution in [0.2, 0.25) is 0 Å². The molecule has 2 amide bonds. The molecule has 0 saturated heterocycles. The zero-order valence-electron chi connectivity index (χ0n) is 21.8. The molecule has 0 unspecified atom stereocenters. The molecule has 0 aliphatic carbocycles. The van der Waals surface area contributed by atoms with E-state index in [2.05, 4.69) is 0 Å². The molecule has 0 fully saturated rings. The molecule has 8 heteroatoms. The van der Waals surface area contributed by atoms with Crippen LogP contribution in [0.1, 0.15) is 32.1 Å². The number of rotatable bonds is 7. The van der Waals surface area contributed by atoms with E-state index >= 15 is 0 Å². The van der Waals surface area contributed by atoms with E-state index in [0.29, 0.717) is 22.6 Å². The minimum atomic E-state index is -0.644. The Morgan fingerprint density at radius 2 is 1.77 bits per heavy atom. The predicted octanol–water partition coefficient (Wildman–Crippen LogP) is 5.71. The Morgan fingerprint density at radius 3 is 2.41 bits per heavy atom. The van der Waals surface area contributed by atoms with Gasteiger partial charge in [0, 0.05) is 22.9 Å². The summed E-state index contributed by atoms with van der Waals surface area (Å²) >= 11 is 0. The summed E-state index contributed by atoms with van der Waals surface area (Å²) in [5.74, 6) is 0.0267. The van der Waals surface area contributed by atoms with Gasteiger partial charge >= 0.3 is 0 Å². The molecule has 1 aliphatic rings. The Hall–Kier alpha value is -5.16. The van der Waals surface area contributed by atoms with Gasteiger partial charge in [-0.25, -0.2) is 4.68 Å². The summed E-state index contributed by atoms with van der Waals surface area (Å²) in [4.78, 5) is 27.7. The van der Waals surface area contributed by atoms with E-state index in [1.807, 2.05) is 80.7 Å². The van der Waals surface area contributed by atoms with Crippen LogP contribution >= 0.6 is 0 Å². The van der Waals surface area contributed by atoms with Crippen LogP contribution in [0.15, 0.2) is 100 Å². The number of furan rings is 1. The number of nitrogens with zero attached hydrogens (tertiary/aromatic N) is 4. The van der Waals surface area contributed by atoms with Gasteiger partial charge in [-0.3, -0.25) is 14.5 Å². The number of imide groups is 1. The number of benzene rings is 2. The third kappa shape index (κ3) is 5.15. The number of aromatic nitrogens is 2. The zero-order valence-corrected chi connectivity index (χ0v) is 21.8. The molecule has 5 rings (SSSR count). The van der Waals surface area contributed by atoms with Crippen molar-refractivity contribution in [3.05, 3.63) is 107 Å². The molecule has 1 aliphatic heterocycles. The molecule has 0 saturated carbocycles. The molecule has 0 atom stereocenters. The number of nitriles is 1. The van der Waals surface area contributed by atoms with Crippen molar-refractivity contribution in [3.63, 3.8) is 0 Å². The first-order chi connectivity index (χ1) is 18.9. The van der Waals surface area contributed by atoms with Crippen LogP contribution in [0, 0.1) is 11.3 Å². The topological polar surface area (TPSA) is 101 Å². The molecule has 0 radical (unpaired) electrons. The third-order valence-corrected chi connectivity index (χ3v) is 6.28. The lowest BCUT2D eigenvalue weighted by Gasteiger charge is -2.26. The fourth-order valence-electron chi connectivity index (χ4n) is 4.38. The van der Waals surface area contributed by atoms with Gasteiger partial charge < -0.3 is 9.15 Å².